The summed E-state index contributed by atoms with van der Waals surface area (Å²) in [6.45, 7) is 10.4. The molecule has 0 bridgehead atoms. The molecule has 24 heavy (non-hydrogen) atoms. The summed E-state index contributed by atoms with van der Waals surface area (Å²) in [5.41, 5.74) is 1.58. The first-order valence-electron chi connectivity index (χ1n) is 8.22. The zero-order valence-electron chi connectivity index (χ0n) is 14.4. The SMILES string of the molecule is CCN(CC)CCCn1c(C)csc1=Nc1ccccc1[N+](=O)[O-]. The lowest BCUT2D eigenvalue weighted by Crippen LogP contribution is -2.26. The van der Waals surface area contributed by atoms with E-state index in [0.29, 0.717) is 5.69 Å². The Kier molecular flexibility index (Phi) is 6.69. The summed E-state index contributed by atoms with van der Waals surface area (Å²) in [5, 5.41) is 13.2. The zero-order valence-corrected chi connectivity index (χ0v) is 15.3. The molecule has 0 atom stereocenters. The molecule has 0 unspecified atom stereocenters. The molecule has 0 radical (unpaired) electrons. The first-order valence-corrected chi connectivity index (χ1v) is 9.10. The van der Waals surface area contributed by atoms with Gasteiger partial charge in [0.25, 0.3) is 5.69 Å². The number of para-hydroxylation sites is 2. The molecule has 0 aliphatic carbocycles. The number of hydrogen-bond acceptors (Lipinski definition) is 5. The Morgan fingerprint density at radius 1 is 1.29 bits per heavy atom. The van der Waals surface area contributed by atoms with Crippen molar-refractivity contribution in [1.29, 1.82) is 0 Å². The second kappa shape index (κ2) is 8.75. The molecule has 0 aliphatic heterocycles. The average molecular weight is 348 g/mol. The van der Waals surface area contributed by atoms with E-state index in [1.54, 1.807) is 18.2 Å². The van der Waals surface area contributed by atoms with Crippen molar-refractivity contribution in [1.82, 2.24) is 9.47 Å². The highest BCUT2D eigenvalue weighted by atomic mass is 32.1. The highest BCUT2D eigenvalue weighted by Gasteiger charge is 2.12. The Morgan fingerprint density at radius 3 is 2.67 bits per heavy atom. The predicted molar refractivity (Wildman–Crippen MR) is 97.8 cm³/mol. The van der Waals surface area contributed by atoms with E-state index in [4.69, 9.17) is 0 Å². The lowest BCUT2D eigenvalue weighted by atomic mass is 10.3. The van der Waals surface area contributed by atoms with Gasteiger partial charge in [0.05, 0.1) is 4.92 Å². The van der Waals surface area contributed by atoms with Crippen LogP contribution in [-0.2, 0) is 6.54 Å². The van der Waals surface area contributed by atoms with Gasteiger partial charge in [-0.3, -0.25) is 10.1 Å². The van der Waals surface area contributed by atoms with Gasteiger partial charge in [-0.1, -0.05) is 26.0 Å². The van der Waals surface area contributed by atoms with E-state index in [2.05, 4.69) is 28.3 Å². The van der Waals surface area contributed by atoms with E-state index in [1.807, 2.05) is 12.3 Å². The first-order chi connectivity index (χ1) is 11.6. The number of nitro groups is 1. The van der Waals surface area contributed by atoms with E-state index in [1.165, 1.54) is 17.4 Å². The van der Waals surface area contributed by atoms with Crippen molar-refractivity contribution >= 4 is 22.7 Å². The lowest BCUT2D eigenvalue weighted by Gasteiger charge is -2.18. The Balaban J connectivity index is 2.25. The third kappa shape index (κ3) is 4.52. The third-order valence-corrected chi connectivity index (χ3v) is 5.02. The monoisotopic (exact) mass is 348 g/mol. The van der Waals surface area contributed by atoms with Gasteiger partial charge in [0, 0.05) is 23.7 Å². The Labute approximate surface area is 146 Å². The van der Waals surface area contributed by atoms with Gasteiger partial charge >= 0.3 is 0 Å². The summed E-state index contributed by atoms with van der Waals surface area (Å²) < 4.78 is 2.14. The van der Waals surface area contributed by atoms with Crippen LogP contribution < -0.4 is 4.80 Å². The molecule has 0 saturated heterocycles. The summed E-state index contributed by atoms with van der Waals surface area (Å²) in [6, 6.07) is 6.61. The molecule has 2 aromatic rings. The lowest BCUT2D eigenvalue weighted by molar-refractivity contribution is -0.384. The van der Waals surface area contributed by atoms with Crippen molar-refractivity contribution in [3.8, 4) is 0 Å². The van der Waals surface area contributed by atoms with Crippen LogP contribution in [0.15, 0.2) is 34.6 Å². The molecular weight excluding hydrogens is 324 g/mol. The van der Waals surface area contributed by atoms with E-state index in [0.717, 1.165) is 43.1 Å². The minimum absolute atomic E-state index is 0.0400. The van der Waals surface area contributed by atoms with E-state index >= 15 is 0 Å². The number of rotatable bonds is 8. The van der Waals surface area contributed by atoms with E-state index in [9.17, 15) is 10.1 Å². The van der Waals surface area contributed by atoms with E-state index < -0.39 is 0 Å². The zero-order chi connectivity index (χ0) is 17.5. The minimum Gasteiger partial charge on any atom is -0.321 e. The molecule has 0 fully saturated rings. The van der Waals surface area contributed by atoms with Crippen molar-refractivity contribution in [2.45, 2.75) is 33.7 Å². The fraction of sp³-hybridized carbons (Fsp3) is 0.471. The number of nitro benzene ring substituents is 1. The van der Waals surface area contributed by atoms with Crippen molar-refractivity contribution < 1.29 is 4.92 Å². The molecular formula is C17H24N4O2S. The summed E-state index contributed by atoms with van der Waals surface area (Å²) in [6.07, 6.45) is 1.03. The van der Waals surface area contributed by atoms with Crippen molar-refractivity contribution in [3.05, 3.63) is 50.3 Å². The number of thiazole rings is 1. The molecule has 0 amide bonds. The normalized spacial score (nSPS) is 12.1. The van der Waals surface area contributed by atoms with Crippen molar-refractivity contribution in [2.24, 2.45) is 4.99 Å². The largest absolute Gasteiger partial charge is 0.321 e. The van der Waals surface area contributed by atoms with Crippen molar-refractivity contribution in [2.75, 3.05) is 19.6 Å². The van der Waals surface area contributed by atoms with Crippen LogP contribution >= 0.6 is 11.3 Å². The molecule has 0 saturated carbocycles. The highest BCUT2D eigenvalue weighted by molar-refractivity contribution is 7.07. The summed E-state index contributed by atoms with van der Waals surface area (Å²) in [4.78, 5) is 18.5. The fourth-order valence-corrected chi connectivity index (χ4v) is 3.50. The quantitative estimate of drug-likeness (QED) is 0.539. The second-order valence-corrected chi connectivity index (χ2v) is 6.39. The summed E-state index contributed by atoms with van der Waals surface area (Å²) in [5.74, 6) is 0. The van der Waals surface area contributed by atoms with Crippen LogP contribution in [0.2, 0.25) is 0 Å². The van der Waals surface area contributed by atoms with Gasteiger partial charge in [0.15, 0.2) is 4.80 Å². The maximum atomic E-state index is 11.2. The van der Waals surface area contributed by atoms with Gasteiger partial charge in [-0.15, -0.1) is 11.3 Å². The topological polar surface area (TPSA) is 63.7 Å². The van der Waals surface area contributed by atoms with Gasteiger partial charge in [0.2, 0.25) is 0 Å². The van der Waals surface area contributed by atoms with Gasteiger partial charge in [-0.25, -0.2) is 4.99 Å². The first kappa shape index (κ1) is 18.4. The molecule has 1 aromatic heterocycles. The standard InChI is InChI=1S/C17H24N4O2S/c1-4-19(5-2)11-8-12-20-14(3)13-24-17(20)18-15-9-6-7-10-16(15)21(22)23/h6-7,9-10,13H,4-5,8,11-12H2,1-3H3. The molecule has 7 heteroatoms. The molecule has 130 valence electrons. The van der Waals surface area contributed by atoms with Crippen LogP contribution in [0.3, 0.4) is 0 Å². The number of nitrogens with zero attached hydrogens (tertiary/aromatic N) is 4. The smallest absolute Gasteiger partial charge is 0.294 e. The Bertz CT molecular complexity index is 747. The minimum atomic E-state index is -0.385. The average Bonchev–Trinajstić information content (AvgIpc) is 2.92. The molecule has 0 aliphatic rings. The summed E-state index contributed by atoms with van der Waals surface area (Å²) in [7, 11) is 0. The van der Waals surface area contributed by atoms with Crippen LogP contribution in [-0.4, -0.2) is 34.0 Å². The number of aryl methyl sites for hydroxylation is 1. The van der Waals surface area contributed by atoms with Crippen LogP contribution in [0.5, 0.6) is 0 Å². The maximum Gasteiger partial charge on any atom is 0.294 e. The highest BCUT2D eigenvalue weighted by Crippen LogP contribution is 2.25. The summed E-state index contributed by atoms with van der Waals surface area (Å²) >= 11 is 1.52. The number of hydrogen-bond donors (Lipinski definition) is 0. The third-order valence-electron chi connectivity index (χ3n) is 4.04. The van der Waals surface area contributed by atoms with Gasteiger partial charge in [0.1, 0.15) is 5.69 Å². The maximum absolute atomic E-state index is 11.2. The molecule has 2 rings (SSSR count). The van der Waals surface area contributed by atoms with Gasteiger partial charge < -0.3 is 9.47 Å². The van der Waals surface area contributed by atoms with Gasteiger partial charge in [-0.2, -0.15) is 0 Å². The molecule has 0 spiro atoms. The van der Waals surface area contributed by atoms with Crippen LogP contribution in [0, 0.1) is 17.0 Å². The molecule has 6 nitrogen and oxygen atoms in total. The van der Waals surface area contributed by atoms with Crippen LogP contribution in [0.25, 0.3) is 0 Å². The molecule has 1 heterocycles. The fourth-order valence-electron chi connectivity index (χ4n) is 2.58. The number of aromatic nitrogens is 1. The predicted octanol–water partition coefficient (Wildman–Crippen LogP) is 3.73. The van der Waals surface area contributed by atoms with Gasteiger partial charge in [-0.05, 0) is 39.0 Å². The van der Waals surface area contributed by atoms with Crippen molar-refractivity contribution in [3.63, 3.8) is 0 Å². The second-order valence-electron chi connectivity index (χ2n) is 5.55. The molecule has 0 N–H and O–H groups in total. The Hall–Kier alpha value is -1.99. The Morgan fingerprint density at radius 2 is 2.00 bits per heavy atom. The van der Waals surface area contributed by atoms with Crippen LogP contribution in [0.4, 0.5) is 11.4 Å². The molecule has 1 aromatic carbocycles. The number of benzene rings is 1. The van der Waals surface area contributed by atoms with E-state index in [-0.39, 0.29) is 10.6 Å². The van der Waals surface area contributed by atoms with Crippen LogP contribution in [0.1, 0.15) is 26.0 Å².